The molecule has 0 saturated carbocycles. The summed E-state index contributed by atoms with van der Waals surface area (Å²) >= 11 is 0. The van der Waals surface area contributed by atoms with Crippen LogP contribution in [-0.4, -0.2) is 0 Å². The standard InChI is InChI=1S/C49H34O/c1-49(2)42-26-13-11-20-36(42)39-24-15-25-41(47(39)49)45-38-22-10-9-21-37(38)44(46-40-23-12-14-27-43(40)50-48(45)46)35-29-33(31-16-5-3-6-17-31)28-34(30-35)32-18-7-4-8-19-32/h3-30H,1-2H3. The lowest BCUT2D eigenvalue weighted by Gasteiger charge is -2.25. The maximum atomic E-state index is 7.04. The molecule has 0 N–H and O–H groups in total. The summed E-state index contributed by atoms with van der Waals surface area (Å²) in [4.78, 5) is 0. The first-order chi connectivity index (χ1) is 24.6. The van der Waals surface area contributed by atoms with Crippen LogP contribution in [-0.2, 0) is 5.41 Å². The lowest BCUT2D eigenvalue weighted by atomic mass is 9.77. The zero-order valence-corrected chi connectivity index (χ0v) is 28.1. The molecule has 0 radical (unpaired) electrons. The van der Waals surface area contributed by atoms with Crippen molar-refractivity contribution >= 4 is 32.7 Å². The van der Waals surface area contributed by atoms with E-state index < -0.39 is 0 Å². The second-order valence-electron chi connectivity index (χ2n) is 14.0. The molecule has 0 aliphatic heterocycles. The van der Waals surface area contributed by atoms with Crippen LogP contribution in [0.25, 0.3) is 88.3 Å². The quantitative estimate of drug-likeness (QED) is 0.187. The fourth-order valence-corrected chi connectivity index (χ4v) is 8.64. The van der Waals surface area contributed by atoms with Crippen molar-refractivity contribution in [1.82, 2.24) is 0 Å². The molecule has 0 atom stereocenters. The summed E-state index contributed by atoms with van der Waals surface area (Å²) in [5.41, 5.74) is 16.6. The van der Waals surface area contributed by atoms with Gasteiger partial charge in [0.25, 0.3) is 0 Å². The lowest BCUT2D eigenvalue weighted by Crippen LogP contribution is -2.16. The van der Waals surface area contributed by atoms with Crippen LogP contribution in [0.2, 0.25) is 0 Å². The average molecular weight is 639 g/mol. The number of para-hydroxylation sites is 1. The van der Waals surface area contributed by atoms with Crippen molar-refractivity contribution in [2.45, 2.75) is 19.3 Å². The zero-order valence-electron chi connectivity index (χ0n) is 28.1. The molecule has 236 valence electrons. The van der Waals surface area contributed by atoms with Crippen molar-refractivity contribution < 1.29 is 4.42 Å². The van der Waals surface area contributed by atoms with E-state index in [-0.39, 0.29) is 5.41 Å². The molecule has 0 fully saturated rings. The molecule has 0 unspecified atom stereocenters. The lowest BCUT2D eigenvalue weighted by molar-refractivity contribution is 0.659. The molecule has 50 heavy (non-hydrogen) atoms. The molecule has 1 aliphatic carbocycles. The van der Waals surface area contributed by atoms with Crippen LogP contribution in [0.5, 0.6) is 0 Å². The Labute approximate surface area is 292 Å². The van der Waals surface area contributed by atoms with Crippen LogP contribution in [0, 0.1) is 0 Å². The maximum Gasteiger partial charge on any atom is 0.144 e. The van der Waals surface area contributed by atoms with Gasteiger partial charge in [-0.2, -0.15) is 0 Å². The average Bonchev–Trinajstić information content (AvgIpc) is 3.66. The van der Waals surface area contributed by atoms with Crippen LogP contribution in [0.3, 0.4) is 0 Å². The highest BCUT2D eigenvalue weighted by Gasteiger charge is 2.38. The van der Waals surface area contributed by atoms with Gasteiger partial charge in [0.15, 0.2) is 0 Å². The van der Waals surface area contributed by atoms with Gasteiger partial charge in [-0.1, -0.05) is 159 Å². The van der Waals surface area contributed by atoms with Gasteiger partial charge < -0.3 is 4.42 Å². The Balaban J connectivity index is 1.35. The van der Waals surface area contributed by atoms with Gasteiger partial charge in [0.2, 0.25) is 0 Å². The molecule has 1 nitrogen and oxygen atoms in total. The SMILES string of the molecule is CC1(C)c2ccccc2-c2cccc(-c3c4ccccc4c(-c4cc(-c5ccccc5)cc(-c5ccccc5)c4)c4c3oc3ccccc34)c21. The smallest absolute Gasteiger partial charge is 0.144 e. The van der Waals surface area contributed by atoms with Crippen LogP contribution in [0.4, 0.5) is 0 Å². The Kier molecular flexibility index (Phi) is 6.29. The highest BCUT2D eigenvalue weighted by atomic mass is 16.3. The van der Waals surface area contributed by atoms with E-state index in [4.69, 9.17) is 4.42 Å². The van der Waals surface area contributed by atoms with Crippen molar-refractivity contribution in [3.63, 3.8) is 0 Å². The predicted molar refractivity (Wildman–Crippen MR) is 211 cm³/mol. The third kappa shape index (κ3) is 4.20. The van der Waals surface area contributed by atoms with Crippen LogP contribution in [0.1, 0.15) is 25.0 Å². The van der Waals surface area contributed by atoms with Gasteiger partial charge in [0.05, 0.1) is 0 Å². The Morgan fingerprint density at radius 2 is 0.920 bits per heavy atom. The van der Waals surface area contributed by atoms with Gasteiger partial charge in [-0.25, -0.2) is 0 Å². The summed E-state index contributed by atoms with van der Waals surface area (Å²) in [5.74, 6) is 0. The molecule has 10 rings (SSSR count). The number of fused-ring (bicyclic) bond motifs is 7. The van der Waals surface area contributed by atoms with Crippen molar-refractivity contribution in [2.75, 3.05) is 0 Å². The highest BCUT2D eigenvalue weighted by Crippen LogP contribution is 2.55. The molecule has 8 aromatic carbocycles. The number of rotatable bonds is 4. The first kappa shape index (κ1) is 28.8. The topological polar surface area (TPSA) is 13.1 Å². The third-order valence-electron chi connectivity index (χ3n) is 10.8. The van der Waals surface area contributed by atoms with E-state index in [0.29, 0.717) is 0 Å². The van der Waals surface area contributed by atoms with Crippen LogP contribution >= 0.6 is 0 Å². The number of furan rings is 1. The largest absolute Gasteiger partial charge is 0.455 e. The highest BCUT2D eigenvalue weighted by molar-refractivity contribution is 6.27. The second kappa shape index (κ2) is 10.9. The van der Waals surface area contributed by atoms with E-state index in [0.717, 1.165) is 27.5 Å². The van der Waals surface area contributed by atoms with E-state index in [1.165, 1.54) is 72.0 Å². The summed E-state index contributed by atoms with van der Waals surface area (Å²) < 4.78 is 7.04. The Morgan fingerprint density at radius 3 is 1.62 bits per heavy atom. The maximum absolute atomic E-state index is 7.04. The molecule has 1 heteroatoms. The zero-order chi connectivity index (χ0) is 33.4. The monoisotopic (exact) mass is 638 g/mol. The van der Waals surface area contributed by atoms with E-state index >= 15 is 0 Å². The Bertz CT molecular complexity index is 2710. The molecule has 0 amide bonds. The first-order valence-corrected chi connectivity index (χ1v) is 17.4. The fourth-order valence-electron chi connectivity index (χ4n) is 8.64. The molecule has 1 aromatic heterocycles. The second-order valence-corrected chi connectivity index (χ2v) is 14.0. The summed E-state index contributed by atoms with van der Waals surface area (Å²) in [5, 5.41) is 4.70. The van der Waals surface area contributed by atoms with Gasteiger partial charge in [0.1, 0.15) is 11.2 Å². The van der Waals surface area contributed by atoms with Crippen LogP contribution in [0.15, 0.2) is 174 Å². The molecule has 9 aromatic rings. The molecular weight excluding hydrogens is 605 g/mol. The molecule has 1 heterocycles. The van der Waals surface area contributed by atoms with E-state index in [1.54, 1.807) is 0 Å². The van der Waals surface area contributed by atoms with E-state index in [2.05, 4.69) is 184 Å². The predicted octanol–water partition coefficient (Wildman–Crippen LogP) is 13.7. The molecular formula is C49H34O. The Morgan fingerprint density at radius 1 is 0.400 bits per heavy atom. The van der Waals surface area contributed by atoms with Crippen molar-refractivity contribution in [1.29, 1.82) is 0 Å². The Hall–Kier alpha value is -6.18. The minimum absolute atomic E-state index is 0.171. The minimum atomic E-state index is -0.171. The molecule has 0 bridgehead atoms. The third-order valence-corrected chi connectivity index (χ3v) is 10.8. The molecule has 1 aliphatic rings. The molecule has 0 saturated heterocycles. The summed E-state index contributed by atoms with van der Waals surface area (Å²) in [7, 11) is 0. The van der Waals surface area contributed by atoms with Crippen molar-refractivity contribution in [3.8, 4) is 55.6 Å². The normalized spacial score (nSPS) is 13.2. The fraction of sp³-hybridized carbons (Fsp3) is 0.0612. The van der Waals surface area contributed by atoms with Gasteiger partial charge >= 0.3 is 0 Å². The minimum Gasteiger partial charge on any atom is -0.455 e. The summed E-state index contributed by atoms with van der Waals surface area (Å²) in [6, 6.07) is 61.7. The summed E-state index contributed by atoms with van der Waals surface area (Å²) in [6.07, 6.45) is 0. The number of hydrogen-bond acceptors (Lipinski definition) is 1. The van der Waals surface area contributed by atoms with Crippen molar-refractivity contribution in [2.24, 2.45) is 0 Å². The van der Waals surface area contributed by atoms with Gasteiger partial charge in [-0.3, -0.25) is 0 Å². The van der Waals surface area contributed by atoms with Gasteiger partial charge in [0, 0.05) is 27.3 Å². The number of hydrogen-bond donors (Lipinski definition) is 0. The van der Waals surface area contributed by atoms with Gasteiger partial charge in [-0.15, -0.1) is 0 Å². The van der Waals surface area contributed by atoms with Crippen molar-refractivity contribution in [3.05, 3.63) is 181 Å². The summed E-state index contributed by atoms with van der Waals surface area (Å²) in [6.45, 7) is 4.74. The van der Waals surface area contributed by atoms with E-state index in [1.807, 2.05) is 0 Å². The molecule has 0 spiro atoms. The first-order valence-electron chi connectivity index (χ1n) is 17.4. The van der Waals surface area contributed by atoms with Crippen LogP contribution < -0.4 is 0 Å². The number of benzene rings is 8. The van der Waals surface area contributed by atoms with E-state index in [9.17, 15) is 0 Å². The van der Waals surface area contributed by atoms with Gasteiger partial charge in [-0.05, 0) is 90.7 Å².